The average molecular weight is 434 g/mol. The summed E-state index contributed by atoms with van der Waals surface area (Å²) in [5.74, 6) is 0.101. The molecule has 4 rings (SSSR count). The molecular formula is C18H19N5O4S2. The van der Waals surface area contributed by atoms with Crippen molar-refractivity contribution in [1.82, 2.24) is 19.5 Å². The van der Waals surface area contributed by atoms with E-state index in [0.29, 0.717) is 18.8 Å². The van der Waals surface area contributed by atoms with Crippen LogP contribution in [0.4, 0.5) is 5.82 Å². The summed E-state index contributed by atoms with van der Waals surface area (Å²) >= 11 is 0. The first kappa shape index (κ1) is 19.6. The molecule has 3 aromatic rings. The summed E-state index contributed by atoms with van der Waals surface area (Å²) in [4.78, 5) is 3.75. The second kappa shape index (κ2) is 7.58. The molecule has 152 valence electrons. The lowest BCUT2D eigenvalue weighted by Gasteiger charge is -2.16. The molecule has 0 radical (unpaired) electrons. The second-order valence-electron chi connectivity index (χ2n) is 6.59. The minimum atomic E-state index is -4.02. The number of nitrogens with one attached hydrogen (secondary N) is 2. The van der Waals surface area contributed by atoms with Crippen molar-refractivity contribution in [3.8, 4) is 11.3 Å². The molecule has 0 spiro atoms. The molecule has 0 aliphatic carbocycles. The molecular weight excluding hydrogens is 414 g/mol. The number of pyridine rings is 1. The first-order chi connectivity index (χ1) is 13.9. The van der Waals surface area contributed by atoms with Crippen LogP contribution in [0.3, 0.4) is 0 Å². The van der Waals surface area contributed by atoms with Gasteiger partial charge in [-0.1, -0.05) is 6.07 Å². The lowest BCUT2D eigenvalue weighted by molar-refractivity contribution is 0.477. The SMILES string of the molecule is O=S(=O)(Nc1cc(-c2ccncc2)[nH]n1)c1cccc(S(=O)(=O)N2CCCC2)c1. The number of nitrogens with zero attached hydrogens (tertiary/aromatic N) is 3. The van der Waals surface area contributed by atoms with Crippen molar-refractivity contribution < 1.29 is 16.8 Å². The quantitative estimate of drug-likeness (QED) is 0.613. The molecule has 0 bridgehead atoms. The topological polar surface area (TPSA) is 125 Å². The Labute approximate surface area is 168 Å². The Hall–Kier alpha value is -2.76. The van der Waals surface area contributed by atoms with Crippen LogP contribution in [-0.2, 0) is 20.0 Å². The predicted molar refractivity (Wildman–Crippen MR) is 107 cm³/mol. The van der Waals surface area contributed by atoms with Crippen LogP contribution in [0.25, 0.3) is 11.3 Å². The van der Waals surface area contributed by atoms with E-state index in [2.05, 4.69) is 19.9 Å². The van der Waals surface area contributed by atoms with Gasteiger partial charge in [-0.15, -0.1) is 0 Å². The van der Waals surface area contributed by atoms with Crippen molar-refractivity contribution >= 4 is 25.9 Å². The summed E-state index contributed by atoms with van der Waals surface area (Å²) in [6, 6.07) is 10.4. The summed E-state index contributed by atoms with van der Waals surface area (Å²) in [6.45, 7) is 0.894. The van der Waals surface area contributed by atoms with Crippen molar-refractivity contribution in [1.29, 1.82) is 0 Å². The number of benzene rings is 1. The van der Waals surface area contributed by atoms with Crippen LogP contribution in [0.5, 0.6) is 0 Å². The highest BCUT2D eigenvalue weighted by molar-refractivity contribution is 7.93. The summed E-state index contributed by atoms with van der Waals surface area (Å²) in [6.07, 6.45) is 4.84. The van der Waals surface area contributed by atoms with Gasteiger partial charge in [0.2, 0.25) is 10.0 Å². The molecule has 1 aliphatic heterocycles. The van der Waals surface area contributed by atoms with Gasteiger partial charge >= 0.3 is 0 Å². The number of hydrogen-bond donors (Lipinski definition) is 2. The molecule has 0 unspecified atom stereocenters. The molecule has 0 saturated carbocycles. The lowest BCUT2D eigenvalue weighted by atomic mass is 10.2. The van der Waals surface area contributed by atoms with Crippen molar-refractivity contribution in [2.24, 2.45) is 0 Å². The molecule has 1 fully saturated rings. The van der Waals surface area contributed by atoms with Crippen LogP contribution in [-0.4, -0.2) is 49.4 Å². The normalized spacial score (nSPS) is 15.4. The number of aromatic nitrogens is 3. The van der Waals surface area contributed by atoms with Gasteiger partial charge < -0.3 is 0 Å². The number of hydrogen-bond acceptors (Lipinski definition) is 6. The minimum Gasteiger partial charge on any atom is -0.276 e. The fraction of sp³-hybridized carbons (Fsp3) is 0.222. The predicted octanol–water partition coefficient (Wildman–Crippen LogP) is 2.06. The first-order valence-corrected chi connectivity index (χ1v) is 11.9. The van der Waals surface area contributed by atoms with Crippen molar-refractivity contribution in [2.75, 3.05) is 17.8 Å². The third-order valence-corrected chi connectivity index (χ3v) is 7.87. The van der Waals surface area contributed by atoms with Gasteiger partial charge in [0, 0.05) is 37.1 Å². The van der Waals surface area contributed by atoms with Crippen LogP contribution in [0.2, 0.25) is 0 Å². The zero-order valence-electron chi connectivity index (χ0n) is 15.3. The molecule has 1 aromatic carbocycles. The van der Waals surface area contributed by atoms with E-state index in [0.717, 1.165) is 18.4 Å². The molecule has 0 amide bonds. The Bertz CT molecular complexity index is 1220. The summed E-state index contributed by atoms with van der Waals surface area (Å²) < 4.78 is 54.7. The van der Waals surface area contributed by atoms with Crippen molar-refractivity contribution in [3.05, 3.63) is 54.9 Å². The number of rotatable bonds is 6. The molecule has 1 saturated heterocycles. The monoisotopic (exact) mass is 433 g/mol. The van der Waals surface area contributed by atoms with Crippen LogP contribution in [0.1, 0.15) is 12.8 Å². The molecule has 0 atom stereocenters. The van der Waals surface area contributed by atoms with E-state index < -0.39 is 20.0 Å². The first-order valence-electron chi connectivity index (χ1n) is 8.95. The Morgan fingerprint density at radius 1 is 0.931 bits per heavy atom. The van der Waals surface area contributed by atoms with E-state index in [-0.39, 0.29) is 15.6 Å². The summed E-state index contributed by atoms with van der Waals surface area (Å²) in [7, 11) is -7.73. The molecule has 2 N–H and O–H groups in total. The zero-order valence-corrected chi connectivity index (χ0v) is 16.9. The summed E-state index contributed by atoms with van der Waals surface area (Å²) in [5, 5.41) is 6.74. The number of H-pyrrole nitrogens is 1. The van der Waals surface area contributed by atoms with Gasteiger partial charge in [0.15, 0.2) is 5.82 Å². The van der Waals surface area contributed by atoms with Crippen molar-refractivity contribution in [2.45, 2.75) is 22.6 Å². The molecule has 3 heterocycles. The fourth-order valence-corrected chi connectivity index (χ4v) is 5.81. The maximum atomic E-state index is 12.8. The maximum Gasteiger partial charge on any atom is 0.263 e. The van der Waals surface area contributed by atoms with E-state index >= 15 is 0 Å². The van der Waals surface area contributed by atoms with Gasteiger partial charge in [-0.2, -0.15) is 9.40 Å². The zero-order chi connectivity index (χ0) is 20.5. The Balaban J connectivity index is 1.59. The third kappa shape index (κ3) is 4.02. The van der Waals surface area contributed by atoms with Gasteiger partial charge in [0.05, 0.1) is 15.5 Å². The molecule has 29 heavy (non-hydrogen) atoms. The molecule has 11 heteroatoms. The van der Waals surface area contributed by atoms with E-state index in [4.69, 9.17) is 0 Å². The summed E-state index contributed by atoms with van der Waals surface area (Å²) in [5.41, 5.74) is 1.42. The van der Waals surface area contributed by atoms with Gasteiger partial charge in [-0.05, 0) is 43.2 Å². The molecule has 2 aromatic heterocycles. The van der Waals surface area contributed by atoms with E-state index in [1.54, 1.807) is 30.6 Å². The number of sulfonamides is 2. The largest absolute Gasteiger partial charge is 0.276 e. The van der Waals surface area contributed by atoms with Gasteiger partial charge in [0.25, 0.3) is 10.0 Å². The minimum absolute atomic E-state index is 0.0400. The number of aromatic amines is 1. The van der Waals surface area contributed by atoms with Gasteiger partial charge in [0.1, 0.15) is 0 Å². The van der Waals surface area contributed by atoms with Crippen LogP contribution >= 0.6 is 0 Å². The van der Waals surface area contributed by atoms with E-state index in [1.165, 1.54) is 28.6 Å². The standard InChI is InChI=1S/C18H19N5O4S2/c24-28(25,22-18-13-17(20-21-18)14-6-8-19-9-7-14)15-4-3-5-16(12-15)29(26,27)23-10-1-2-11-23/h3-9,12-13H,1-2,10-11H2,(H2,20,21,22). The van der Waals surface area contributed by atoms with Crippen LogP contribution < -0.4 is 4.72 Å². The van der Waals surface area contributed by atoms with Crippen LogP contribution in [0, 0.1) is 0 Å². The van der Waals surface area contributed by atoms with Crippen molar-refractivity contribution in [3.63, 3.8) is 0 Å². The van der Waals surface area contributed by atoms with Gasteiger partial charge in [-0.3, -0.25) is 14.8 Å². The number of anilines is 1. The van der Waals surface area contributed by atoms with Crippen LogP contribution in [0.15, 0.2) is 64.6 Å². The van der Waals surface area contributed by atoms with E-state index in [9.17, 15) is 16.8 Å². The Kier molecular flexibility index (Phi) is 5.11. The Morgan fingerprint density at radius 3 is 2.34 bits per heavy atom. The van der Waals surface area contributed by atoms with E-state index in [1.807, 2.05) is 0 Å². The highest BCUT2D eigenvalue weighted by atomic mass is 32.2. The lowest BCUT2D eigenvalue weighted by Crippen LogP contribution is -2.28. The molecule has 1 aliphatic rings. The maximum absolute atomic E-state index is 12.8. The smallest absolute Gasteiger partial charge is 0.263 e. The Morgan fingerprint density at radius 2 is 1.62 bits per heavy atom. The third-order valence-electron chi connectivity index (χ3n) is 4.63. The average Bonchev–Trinajstić information content (AvgIpc) is 3.41. The second-order valence-corrected chi connectivity index (χ2v) is 10.2. The molecule has 9 nitrogen and oxygen atoms in total. The van der Waals surface area contributed by atoms with Gasteiger partial charge in [-0.25, -0.2) is 16.8 Å². The fourth-order valence-electron chi connectivity index (χ4n) is 3.13. The highest BCUT2D eigenvalue weighted by Crippen LogP contribution is 2.25. The highest BCUT2D eigenvalue weighted by Gasteiger charge is 2.28.